The van der Waals surface area contributed by atoms with E-state index in [1.54, 1.807) is 0 Å². The van der Waals surface area contributed by atoms with E-state index in [-0.39, 0.29) is 0 Å². The first kappa shape index (κ1) is 15.2. The van der Waals surface area contributed by atoms with Crippen LogP contribution in [0.2, 0.25) is 10.0 Å². The molecule has 0 amide bonds. The molecular weight excluding hydrogens is 291 g/mol. The zero-order valence-electron chi connectivity index (χ0n) is 11.4. The lowest BCUT2D eigenvalue weighted by atomic mass is 10.1. The summed E-state index contributed by atoms with van der Waals surface area (Å²) in [6, 6.07) is 13.6. The third kappa shape index (κ3) is 3.89. The Morgan fingerprint density at radius 3 is 2.10 bits per heavy atom. The van der Waals surface area contributed by atoms with Crippen LogP contribution in [0.15, 0.2) is 42.5 Å². The van der Waals surface area contributed by atoms with Crippen LogP contribution < -0.4 is 5.73 Å². The molecule has 0 saturated heterocycles. The number of hydrogen-bond acceptors (Lipinski definition) is 2. The van der Waals surface area contributed by atoms with Gasteiger partial charge in [-0.15, -0.1) is 0 Å². The van der Waals surface area contributed by atoms with Gasteiger partial charge < -0.3 is 5.73 Å². The maximum absolute atomic E-state index is 6.23. The number of hydrogen-bond donors (Lipinski definition) is 1. The van der Waals surface area contributed by atoms with Gasteiger partial charge in [0.15, 0.2) is 0 Å². The third-order valence-electron chi connectivity index (χ3n) is 3.28. The minimum Gasteiger partial charge on any atom is -0.399 e. The van der Waals surface area contributed by atoms with Gasteiger partial charge in [-0.25, -0.2) is 0 Å². The summed E-state index contributed by atoms with van der Waals surface area (Å²) >= 11 is 12.5. The lowest BCUT2D eigenvalue weighted by Gasteiger charge is -2.22. The van der Waals surface area contributed by atoms with E-state index >= 15 is 0 Å². The molecule has 106 valence electrons. The Balaban J connectivity index is 2.11. The van der Waals surface area contributed by atoms with E-state index in [1.807, 2.05) is 42.5 Å². The van der Waals surface area contributed by atoms with Gasteiger partial charge in [0.2, 0.25) is 0 Å². The van der Waals surface area contributed by atoms with E-state index < -0.39 is 0 Å². The maximum atomic E-state index is 6.23. The fourth-order valence-electron chi connectivity index (χ4n) is 2.07. The molecule has 0 aromatic heterocycles. The Morgan fingerprint density at radius 2 is 1.55 bits per heavy atom. The topological polar surface area (TPSA) is 29.3 Å². The van der Waals surface area contributed by atoms with Crippen LogP contribution in [0.1, 0.15) is 18.1 Å². The average molecular weight is 309 g/mol. The van der Waals surface area contributed by atoms with E-state index in [1.165, 1.54) is 5.56 Å². The van der Waals surface area contributed by atoms with Crippen LogP contribution in [0.25, 0.3) is 0 Å². The molecule has 0 heterocycles. The summed E-state index contributed by atoms with van der Waals surface area (Å²) in [4.78, 5) is 2.29. The molecule has 0 atom stereocenters. The van der Waals surface area contributed by atoms with Gasteiger partial charge in [0.25, 0.3) is 0 Å². The minimum absolute atomic E-state index is 0.716. The number of benzene rings is 2. The van der Waals surface area contributed by atoms with Crippen LogP contribution in [0.4, 0.5) is 5.69 Å². The van der Waals surface area contributed by atoms with E-state index in [0.717, 1.165) is 30.9 Å². The van der Waals surface area contributed by atoms with Crippen molar-refractivity contribution in [2.24, 2.45) is 0 Å². The lowest BCUT2D eigenvalue weighted by molar-refractivity contribution is 0.271. The fourth-order valence-corrected chi connectivity index (χ4v) is 2.58. The van der Waals surface area contributed by atoms with Gasteiger partial charge in [-0.05, 0) is 36.4 Å². The molecule has 2 rings (SSSR count). The molecule has 0 aliphatic carbocycles. The molecule has 0 aliphatic rings. The highest BCUT2D eigenvalue weighted by Gasteiger charge is 2.10. The number of halogens is 2. The fraction of sp³-hybridized carbons (Fsp3) is 0.250. The van der Waals surface area contributed by atoms with E-state index in [9.17, 15) is 0 Å². The predicted octanol–water partition coefficient (Wildman–Crippen LogP) is 4.60. The highest BCUT2D eigenvalue weighted by atomic mass is 35.5. The predicted molar refractivity (Wildman–Crippen MR) is 87.1 cm³/mol. The Hall–Kier alpha value is -1.22. The Labute approximate surface area is 130 Å². The van der Waals surface area contributed by atoms with Gasteiger partial charge >= 0.3 is 0 Å². The second-order valence-corrected chi connectivity index (χ2v) is 5.56. The summed E-state index contributed by atoms with van der Waals surface area (Å²) in [6.45, 7) is 4.63. The monoisotopic (exact) mass is 308 g/mol. The van der Waals surface area contributed by atoms with Crippen LogP contribution in [0.5, 0.6) is 0 Å². The molecule has 0 unspecified atom stereocenters. The van der Waals surface area contributed by atoms with Crippen molar-refractivity contribution in [2.75, 3.05) is 12.3 Å². The Bertz CT molecular complexity index is 547. The van der Waals surface area contributed by atoms with Gasteiger partial charge in [0.1, 0.15) is 0 Å². The van der Waals surface area contributed by atoms with Gasteiger partial charge in [-0.2, -0.15) is 0 Å². The standard InChI is InChI=1S/C16H18Cl2N2/c1-2-20(10-12-6-8-13(19)9-7-12)11-14-15(17)4-3-5-16(14)18/h3-9H,2,10-11,19H2,1H3. The van der Waals surface area contributed by atoms with Gasteiger partial charge in [0, 0.05) is 34.4 Å². The van der Waals surface area contributed by atoms with E-state index in [0.29, 0.717) is 10.0 Å². The molecule has 2 aromatic carbocycles. The second-order valence-electron chi connectivity index (χ2n) is 4.75. The normalized spacial score (nSPS) is 11.0. The summed E-state index contributed by atoms with van der Waals surface area (Å²) < 4.78 is 0. The van der Waals surface area contributed by atoms with Crippen LogP contribution in [-0.4, -0.2) is 11.4 Å². The Morgan fingerprint density at radius 1 is 0.950 bits per heavy atom. The first-order chi connectivity index (χ1) is 9.60. The quantitative estimate of drug-likeness (QED) is 0.818. The van der Waals surface area contributed by atoms with Crippen LogP contribution in [0.3, 0.4) is 0 Å². The number of nitrogens with zero attached hydrogens (tertiary/aromatic N) is 1. The molecule has 0 radical (unpaired) electrons. The molecule has 0 aliphatic heterocycles. The van der Waals surface area contributed by atoms with Crippen LogP contribution in [-0.2, 0) is 13.1 Å². The molecule has 20 heavy (non-hydrogen) atoms. The largest absolute Gasteiger partial charge is 0.399 e. The summed E-state index contributed by atoms with van der Waals surface area (Å²) in [5.41, 5.74) is 8.69. The van der Waals surface area contributed by atoms with Gasteiger partial charge in [0.05, 0.1) is 0 Å². The van der Waals surface area contributed by atoms with Gasteiger partial charge in [-0.3, -0.25) is 4.90 Å². The lowest BCUT2D eigenvalue weighted by Crippen LogP contribution is -2.22. The average Bonchev–Trinajstić information content (AvgIpc) is 2.44. The summed E-state index contributed by atoms with van der Waals surface area (Å²) in [5, 5.41) is 1.43. The van der Waals surface area contributed by atoms with Crippen molar-refractivity contribution in [3.63, 3.8) is 0 Å². The van der Waals surface area contributed by atoms with Crippen molar-refractivity contribution < 1.29 is 0 Å². The van der Waals surface area contributed by atoms with Crippen LogP contribution >= 0.6 is 23.2 Å². The number of anilines is 1. The molecule has 2 nitrogen and oxygen atoms in total. The SMILES string of the molecule is CCN(Cc1ccc(N)cc1)Cc1c(Cl)cccc1Cl. The van der Waals surface area contributed by atoms with Gasteiger partial charge in [-0.1, -0.05) is 48.3 Å². The smallest absolute Gasteiger partial charge is 0.0465 e. The highest BCUT2D eigenvalue weighted by Crippen LogP contribution is 2.26. The molecular formula is C16H18Cl2N2. The first-order valence-corrected chi connectivity index (χ1v) is 7.35. The zero-order chi connectivity index (χ0) is 14.5. The number of nitrogens with two attached hydrogens (primary N) is 1. The van der Waals surface area contributed by atoms with Crippen molar-refractivity contribution in [3.05, 3.63) is 63.6 Å². The molecule has 4 heteroatoms. The number of rotatable bonds is 5. The molecule has 0 spiro atoms. The van der Waals surface area contributed by atoms with Crippen molar-refractivity contribution in [1.29, 1.82) is 0 Å². The first-order valence-electron chi connectivity index (χ1n) is 6.59. The number of nitrogen functional groups attached to an aromatic ring is 1. The van der Waals surface area contributed by atoms with Crippen molar-refractivity contribution in [3.8, 4) is 0 Å². The molecule has 2 N–H and O–H groups in total. The zero-order valence-corrected chi connectivity index (χ0v) is 13.0. The second kappa shape index (κ2) is 6.98. The van der Waals surface area contributed by atoms with E-state index in [4.69, 9.17) is 28.9 Å². The maximum Gasteiger partial charge on any atom is 0.0465 e. The summed E-state index contributed by atoms with van der Waals surface area (Å²) in [5.74, 6) is 0. The van der Waals surface area contributed by atoms with Crippen molar-refractivity contribution >= 4 is 28.9 Å². The molecule has 0 bridgehead atoms. The Kier molecular flexibility index (Phi) is 5.30. The van der Waals surface area contributed by atoms with Crippen LogP contribution in [0, 0.1) is 0 Å². The highest BCUT2D eigenvalue weighted by molar-refractivity contribution is 6.35. The third-order valence-corrected chi connectivity index (χ3v) is 3.98. The summed E-state index contributed by atoms with van der Waals surface area (Å²) in [6.07, 6.45) is 0. The summed E-state index contributed by atoms with van der Waals surface area (Å²) in [7, 11) is 0. The molecule has 0 fully saturated rings. The van der Waals surface area contributed by atoms with Crippen molar-refractivity contribution in [1.82, 2.24) is 4.90 Å². The molecule has 0 saturated carbocycles. The molecule has 2 aromatic rings. The minimum atomic E-state index is 0.716. The van der Waals surface area contributed by atoms with Crippen molar-refractivity contribution in [2.45, 2.75) is 20.0 Å². The van der Waals surface area contributed by atoms with E-state index in [2.05, 4.69) is 11.8 Å².